The highest BCUT2D eigenvalue weighted by molar-refractivity contribution is 5.83. The van der Waals surface area contributed by atoms with Gasteiger partial charge in [0, 0.05) is 29.5 Å². The van der Waals surface area contributed by atoms with Gasteiger partial charge < -0.3 is 19.9 Å². The number of nitrogens with two attached hydrogens (primary N) is 1. The summed E-state index contributed by atoms with van der Waals surface area (Å²) in [5, 5.41) is 4.02. The molecule has 0 radical (unpaired) electrons. The number of hydrogen-bond acceptors (Lipinski definition) is 6. The van der Waals surface area contributed by atoms with Gasteiger partial charge in [-0.05, 0) is 58.0 Å². The first-order valence-electron chi connectivity index (χ1n) is 9.39. The van der Waals surface area contributed by atoms with Gasteiger partial charge in [0.25, 0.3) is 0 Å². The largest absolute Gasteiger partial charge is 0.422 e. The van der Waals surface area contributed by atoms with Crippen LogP contribution in [0.4, 0.5) is 5.69 Å². The Morgan fingerprint density at radius 2 is 1.89 bits per heavy atom. The number of nitrogens with zero attached hydrogens (tertiary/aromatic N) is 3. The van der Waals surface area contributed by atoms with E-state index in [0.717, 1.165) is 22.4 Å². The molecule has 1 aliphatic heterocycles. The van der Waals surface area contributed by atoms with Crippen molar-refractivity contribution in [3.63, 3.8) is 0 Å². The van der Waals surface area contributed by atoms with Crippen LogP contribution in [0.5, 0.6) is 0 Å². The van der Waals surface area contributed by atoms with Crippen molar-refractivity contribution in [1.82, 2.24) is 19.7 Å². The highest BCUT2D eigenvalue weighted by Gasteiger charge is 2.13. The number of benzene rings is 1. The molecule has 0 aliphatic carbocycles. The monoisotopic (exact) mass is 377 g/mol. The molecule has 28 heavy (non-hydrogen) atoms. The molecule has 0 spiro atoms. The second kappa shape index (κ2) is 7.44. The lowest BCUT2D eigenvalue weighted by Crippen LogP contribution is -2.03. The lowest BCUT2D eigenvalue weighted by Gasteiger charge is -2.00. The van der Waals surface area contributed by atoms with E-state index in [2.05, 4.69) is 15.3 Å². The molecule has 5 rings (SSSR count). The second-order valence-electron chi connectivity index (χ2n) is 7.03. The third-order valence-electron chi connectivity index (χ3n) is 4.72. The van der Waals surface area contributed by atoms with Crippen molar-refractivity contribution in [1.29, 1.82) is 0 Å². The summed E-state index contributed by atoms with van der Waals surface area (Å²) >= 11 is 0. The van der Waals surface area contributed by atoms with Crippen LogP contribution in [0, 0.1) is 13.8 Å². The van der Waals surface area contributed by atoms with E-state index in [4.69, 9.17) is 10.2 Å². The Balaban J connectivity index is 0.000000336. The number of aromatic nitrogens is 3. The van der Waals surface area contributed by atoms with Crippen molar-refractivity contribution in [2.24, 2.45) is 0 Å². The average Bonchev–Trinajstić information content (AvgIpc) is 3.34. The van der Waals surface area contributed by atoms with Gasteiger partial charge in [-0.25, -0.2) is 9.78 Å². The predicted molar refractivity (Wildman–Crippen MR) is 110 cm³/mol. The number of anilines is 1. The van der Waals surface area contributed by atoms with E-state index in [0.29, 0.717) is 22.5 Å². The van der Waals surface area contributed by atoms with Crippen molar-refractivity contribution in [2.45, 2.75) is 26.7 Å². The molecule has 1 saturated heterocycles. The number of imidazole rings is 1. The van der Waals surface area contributed by atoms with Gasteiger partial charge in [-0.15, -0.1) is 0 Å². The van der Waals surface area contributed by atoms with Gasteiger partial charge in [-0.3, -0.25) is 4.98 Å². The smallest absolute Gasteiger partial charge is 0.345 e. The fraction of sp³-hybridized carbons (Fsp3) is 0.286. The Morgan fingerprint density at radius 3 is 2.61 bits per heavy atom. The number of aryl methyl sites for hydroxylation is 2. The normalized spacial score (nSPS) is 13.6. The lowest BCUT2D eigenvalue weighted by molar-refractivity contribution is 0.563. The maximum atomic E-state index is 12.3. The third kappa shape index (κ3) is 3.61. The van der Waals surface area contributed by atoms with Gasteiger partial charge >= 0.3 is 5.63 Å². The lowest BCUT2D eigenvalue weighted by atomic mass is 10.1. The molecule has 1 fully saturated rings. The highest BCUT2D eigenvalue weighted by atomic mass is 16.4. The van der Waals surface area contributed by atoms with E-state index in [-0.39, 0.29) is 0 Å². The maximum Gasteiger partial charge on any atom is 0.345 e. The third-order valence-corrected chi connectivity index (χ3v) is 4.72. The number of rotatable bonds is 1. The quantitative estimate of drug-likeness (QED) is 0.391. The van der Waals surface area contributed by atoms with Crippen LogP contribution >= 0.6 is 0 Å². The van der Waals surface area contributed by atoms with Crippen LogP contribution in [0.25, 0.3) is 27.9 Å². The van der Waals surface area contributed by atoms with Gasteiger partial charge in [-0.2, -0.15) is 0 Å². The SMILES string of the molecule is C1CCNC1.Cc1cn2cc(-c3cc4ccc(N)cc4oc3=O)nc2c(C)n1. The topological polar surface area (TPSA) is 98.4 Å². The minimum atomic E-state index is -0.436. The molecule has 0 amide bonds. The summed E-state index contributed by atoms with van der Waals surface area (Å²) in [6, 6.07) is 7.01. The molecule has 4 aromatic rings. The van der Waals surface area contributed by atoms with E-state index in [9.17, 15) is 4.79 Å². The maximum absolute atomic E-state index is 12.3. The Hall–Kier alpha value is -3.19. The van der Waals surface area contributed by atoms with Crippen LogP contribution < -0.4 is 16.7 Å². The van der Waals surface area contributed by atoms with E-state index >= 15 is 0 Å². The number of nitrogens with one attached hydrogen (secondary N) is 1. The van der Waals surface area contributed by atoms with Crippen LogP contribution in [0.2, 0.25) is 0 Å². The zero-order valence-corrected chi connectivity index (χ0v) is 16.0. The van der Waals surface area contributed by atoms with E-state index in [1.54, 1.807) is 18.2 Å². The molecule has 144 valence electrons. The summed E-state index contributed by atoms with van der Waals surface area (Å²) in [4.78, 5) is 21.2. The molecule has 0 unspecified atom stereocenters. The average molecular weight is 377 g/mol. The van der Waals surface area contributed by atoms with Gasteiger partial charge in [0.1, 0.15) is 5.58 Å². The Bertz CT molecular complexity index is 1200. The van der Waals surface area contributed by atoms with Gasteiger partial charge in [0.2, 0.25) is 0 Å². The highest BCUT2D eigenvalue weighted by Crippen LogP contribution is 2.23. The van der Waals surface area contributed by atoms with Gasteiger partial charge in [-0.1, -0.05) is 0 Å². The first-order valence-corrected chi connectivity index (χ1v) is 9.39. The van der Waals surface area contributed by atoms with Crippen molar-refractivity contribution in [2.75, 3.05) is 18.8 Å². The molecule has 3 N–H and O–H groups in total. The fourth-order valence-electron chi connectivity index (χ4n) is 3.37. The van der Waals surface area contributed by atoms with Crippen LogP contribution in [-0.2, 0) is 0 Å². The van der Waals surface area contributed by atoms with E-state index < -0.39 is 5.63 Å². The molecular formula is C21H23N5O2. The minimum Gasteiger partial charge on any atom is -0.422 e. The summed E-state index contributed by atoms with van der Waals surface area (Å²) in [6.45, 7) is 6.31. The number of nitrogen functional groups attached to an aromatic ring is 1. The number of hydrogen-bond donors (Lipinski definition) is 2. The van der Waals surface area contributed by atoms with Crippen LogP contribution in [0.1, 0.15) is 24.2 Å². The molecule has 4 heterocycles. The molecule has 7 nitrogen and oxygen atoms in total. The zero-order chi connectivity index (χ0) is 19.7. The molecule has 0 bridgehead atoms. The molecule has 7 heteroatoms. The summed E-state index contributed by atoms with van der Waals surface area (Å²) < 4.78 is 7.25. The van der Waals surface area contributed by atoms with Gasteiger partial charge in [0.05, 0.1) is 22.6 Å². The van der Waals surface area contributed by atoms with E-state index in [1.807, 2.05) is 36.7 Å². The summed E-state index contributed by atoms with van der Waals surface area (Å²) in [5.41, 5.74) is 9.72. The second-order valence-corrected chi connectivity index (χ2v) is 7.03. The van der Waals surface area contributed by atoms with E-state index in [1.165, 1.54) is 25.9 Å². The fourth-order valence-corrected chi connectivity index (χ4v) is 3.37. The molecule has 1 aliphatic rings. The Kier molecular flexibility index (Phi) is 4.83. The van der Waals surface area contributed by atoms with Crippen molar-refractivity contribution in [3.05, 3.63) is 58.5 Å². The summed E-state index contributed by atoms with van der Waals surface area (Å²) in [5.74, 6) is 0. The molecule has 1 aromatic carbocycles. The van der Waals surface area contributed by atoms with Gasteiger partial charge in [0.15, 0.2) is 5.65 Å². The van der Waals surface area contributed by atoms with Crippen LogP contribution in [0.15, 0.2) is 45.9 Å². The van der Waals surface area contributed by atoms with Crippen LogP contribution in [-0.4, -0.2) is 27.5 Å². The summed E-state index contributed by atoms with van der Waals surface area (Å²) in [7, 11) is 0. The molecular weight excluding hydrogens is 354 g/mol. The Morgan fingerprint density at radius 1 is 1.11 bits per heavy atom. The standard InChI is InChI=1S/C17H14N4O2.C4H9N/c1-9-7-21-8-14(20-16(21)10(2)19-9)13-5-11-3-4-12(18)6-15(11)23-17(13)22;1-2-4-5-3-1/h3-8H,18H2,1-2H3;5H,1-4H2. The first kappa shape index (κ1) is 18.2. The first-order chi connectivity index (χ1) is 13.5. The number of fused-ring (bicyclic) bond motifs is 2. The minimum absolute atomic E-state index is 0.419. The van der Waals surface area contributed by atoms with Crippen molar-refractivity contribution < 1.29 is 4.42 Å². The van der Waals surface area contributed by atoms with Crippen molar-refractivity contribution >= 4 is 22.3 Å². The summed E-state index contributed by atoms with van der Waals surface area (Å²) in [6.07, 6.45) is 6.47. The van der Waals surface area contributed by atoms with Crippen LogP contribution in [0.3, 0.4) is 0 Å². The molecule has 3 aromatic heterocycles. The predicted octanol–water partition coefficient (Wildman–Crippen LogP) is 3.07. The van der Waals surface area contributed by atoms with Crippen molar-refractivity contribution in [3.8, 4) is 11.3 Å². The Labute approximate surface area is 162 Å². The zero-order valence-electron chi connectivity index (χ0n) is 16.0. The molecule has 0 atom stereocenters. The molecule has 0 saturated carbocycles.